The molecule has 3 N–H and O–H groups in total. The van der Waals surface area contributed by atoms with Gasteiger partial charge in [-0.1, -0.05) is 11.6 Å². The molecule has 0 heterocycles. The zero-order chi connectivity index (χ0) is 11.3. The highest BCUT2D eigenvalue weighted by molar-refractivity contribution is 6.32. The van der Waals surface area contributed by atoms with Crippen molar-refractivity contribution in [3.63, 3.8) is 0 Å². The van der Waals surface area contributed by atoms with E-state index in [-0.39, 0.29) is 10.8 Å². The van der Waals surface area contributed by atoms with Gasteiger partial charge in [0.25, 0.3) is 0 Å². The first-order valence-corrected chi connectivity index (χ1v) is 4.62. The Kier molecular flexibility index (Phi) is 4.33. The van der Waals surface area contributed by atoms with Gasteiger partial charge in [0, 0.05) is 13.1 Å². The maximum atomic E-state index is 12.6. The minimum atomic E-state index is -0.672. The molecule has 0 saturated carbocycles. The first-order valence-electron chi connectivity index (χ1n) is 4.24. The van der Waals surface area contributed by atoms with Crippen molar-refractivity contribution in [3.05, 3.63) is 29.0 Å². The van der Waals surface area contributed by atoms with E-state index in [1.54, 1.807) is 0 Å². The van der Waals surface area contributed by atoms with Crippen molar-refractivity contribution in [1.82, 2.24) is 5.32 Å². The lowest BCUT2D eigenvalue weighted by Gasteiger charge is -2.06. The number of carbonyl (C=O) groups excluding carboxylic acids is 1. The third-order valence-corrected chi connectivity index (χ3v) is 1.81. The Hall–Kier alpha value is -1.33. The topological polar surface area (TPSA) is 64.3 Å². The molecule has 1 rings (SSSR count). The van der Waals surface area contributed by atoms with Gasteiger partial charge in [-0.05, 0) is 18.2 Å². The summed E-state index contributed by atoms with van der Waals surface area (Å²) in [5.41, 5.74) is 5.17. The minimum absolute atomic E-state index is 0.0397. The van der Waals surface area contributed by atoms with Crippen LogP contribution in [0.5, 0.6) is 5.75 Å². The third kappa shape index (κ3) is 3.73. The molecule has 0 bridgehead atoms. The number of hydrogen-bond donors (Lipinski definition) is 2. The Morgan fingerprint density at radius 3 is 2.93 bits per heavy atom. The van der Waals surface area contributed by atoms with Crippen LogP contribution < -0.4 is 15.8 Å². The molecule has 1 aromatic rings. The van der Waals surface area contributed by atoms with E-state index < -0.39 is 11.9 Å². The quantitative estimate of drug-likeness (QED) is 0.831. The average molecular weight is 233 g/mol. The zero-order valence-electron chi connectivity index (χ0n) is 7.80. The fourth-order valence-electron chi connectivity index (χ4n) is 0.868. The molecule has 0 aliphatic rings. The molecule has 0 radical (unpaired) electrons. The van der Waals surface area contributed by atoms with Crippen molar-refractivity contribution in [3.8, 4) is 5.75 Å². The number of benzene rings is 1. The molecule has 0 saturated heterocycles. The van der Waals surface area contributed by atoms with Gasteiger partial charge in [-0.3, -0.25) is 0 Å². The summed E-state index contributed by atoms with van der Waals surface area (Å²) in [6.07, 6.45) is -0.672. The van der Waals surface area contributed by atoms with Crippen LogP contribution in [0.25, 0.3) is 0 Å². The fourth-order valence-corrected chi connectivity index (χ4v) is 1.07. The van der Waals surface area contributed by atoms with E-state index in [4.69, 9.17) is 22.1 Å². The Balaban J connectivity index is 2.60. The molecule has 15 heavy (non-hydrogen) atoms. The molecular formula is C9H10ClFN2O2. The molecule has 0 aliphatic heterocycles. The summed E-state index contributed by atoms with van der Waals surface area (Å²) in [4.78, 5) is 11.1. The second-order valence-corrected chi connectivity index (χ2v) is 3.09. The van der Waals surface area contributed by atoms with Gasteiger partial charge < -0.3 is 15.8 Å². The molecule has 0 spiro atoms. The average Bonchev–Trinajstić information content (AvgIpc) is 2.19. The van der Waals surface area contributed by atoms with Gasteiger partial charge in [-0.2, -0.15) is 0 Å². The second-order valence-electron chi connectivity index (χ2n) is 2.68. The highest BCUT2D eigenvalue weighted by Crippen LogP contribution is 2.24. The van der Waals surface area contributed by atoms with E-state index in [0.29, 0.717) is 13.1 Å². The Bertz CT molecular complexity index is 360. The molecule has 0 unspecified atom stereocenters. The maximum absolute atomic E-state index is 12.6. The highest BCUT2D eigenvalue weighted by atomic mass is 35.5. The molecule has 0 fully saturated rings. The van der Waals surface area contributed by atoms with E-state index in [1.807, 2.05) is 0 Å². The van der Waals surface area contributed by atoms with Gasteiger partial charge in [0.1, 0.15) is 5.82 Å². The number of amides is 1. The Labute approximate surface area is 91.2 Å². The van der Waals surface area contributed by atoms with Crippen LogP contribution in [0.1, 0.15) is 0 Å². The van der Waals surface area contributed by atoms with Crippen molar-refractivity contribution < 1.29 is 13.9 Å². The van der Waals surface area contributed by atoms with Gasteiger partial charge in [-0.15, -0.1) is 0 Å². The lowest BCUT2D eigenvalue weighted by Crippen LogP contribution is -2.31. The predicted molar refractivity (Wildman–Crippen MR) is 54.5 cm³/mol. The van der Waals surface area contributed by atoms with Crippen LogP contribution in [0.3, 0.4) is 0 Å². The van der Waals surface area contributed by atoms with Gasteiger partial charge in [-0.25, -0.2) is 9.18 Å². The van der Waals surface area contributed by atoms with Crippen LogP contribution in [-0.2, 0) is 0 Å². The molecule has 1 aromatic carbocycles. The van der Waals surface area contributed by atoms with Crippen molar-refractivity contribution in [2.24, 2.45) is 5.73 Å². The van der Waals surface area contributed by atoms with Gasteiger partial charge in [0.2, 0.25) is 0 Å². The summed E-state index contributed by atoms with van der Waals surface area (Å²) in [5, 5.41) is 2.42. The molecule has 0 atom stereocenters. The number of hydrogen-bond acceptors (Lipinski definition) is 3. The number of nitrogens with one attached hydrogen (secondary N) is 1. The predicted octanol–water partition coefficient (Wildman–Crippen LogP) is 1.53. The summed E-state index contributed by atoms with van der Waals surface area (Å²) in [7, 11) is 0. The minimum Gasteiger partial charge on any atom is -0.409 e. The number of ether oxygens (including phenoxy) is 1. The molecule has 6 heteroatoms. The first-order chi connectivity index (χ1) is 7.13. The number of halogens is 2. The molecule has 0 aliphatic carbocycles. The fraction of sp³-hybridized carbons (Fsp3) is 0.222. The van der Waals surface area contributed by atoms with E-state index in [2.05, 4.69) is 5.32 Å². The monoisotopic (exact) mass is 232 g/mol. The van der Waals surface area contributed by atoms with E-state index >= 15 is 0 Å². The third-order valence-electron chi connectivity index (χ3n) is 1.51. The standard InChI is InChI=1S/C9H10ClFN2O2/c10-7-5-6(11)1-2-8(7)15-9(14)13-4-3-12/h1-2,5H,3-4,12H2,(H,13,14). The molecule has 82 valence electrons. The molecular weight excluding hydrogens is 223 g/mol. The van der Waals surface area contributed by atoms with Crippen molar-refractivity contribution in [2.75, 3.05) is 13.1 Å². The van der Waals surface area contributed by atoms with Gasteiger partial charge >= 0.3 is 6.09 Å². The lowest BCUT2D eigenvalue weighted by molar-refractivity contribution is 0.201. The maximum Gasteiger partial charge on any atom is 0.412 e. The lowest BCUT2D eigenvalue weighted by atomic mass is 10.3. The van der Waals surface area contributed by atoms with Crippen LogP contribution in [0.4, 0.5) is 9.18 Å². The van der Waals surface area contributed by atoms with E-state index in [0.717, 1.165) is 12.1 Å². The van der Waals surface area contributed by atoms with Crippen molar-refractivity contribution >= 4 is 17.7 Å². The van der Waals surface area contributed by atoms with Crippen molar-refractivity contribution in [1.29, 1.82) is 0 Å². The summed E-state index contributed by atoms with van der Waals surface area (Å²) in [5.74, 6) is -0.387. The van der Waals surface area contributed by atoms with Crippen molar-refractivity contribution in [2.45, 2.75) is 0 Å². The van der Waals surface area contributed by atoms with Gasteiger partial charge in [0.15, 0.2) is 5.75 Å². The van der Waals surface area contributed by atoms with Crippen LogP contribution in [0.15, 0.2) is 18.2 Å². The first kappa shape index (κ1) is 11.7. The van der Waals surface area contributed by atoms with Gasteiger partial charge in [0.05, 0.1) is 5.02 Å². The Morgan fingerprint density at radius 1 is 1.60 bits per heavy atom. The number of rotatable bonds is 3. The highest BCUT2D eigenvalue weighted by Gasteiger charge is 2.07. The number of nitrogens with two attached hydrogens (primary N) is 1. The molecule has 1 amide bonds. The Morgan fingerprint density at radius 2 is 2.33 bits per heavy atom. The number of carbonyl (C=O) groups is 1. The summed E-state index contributed by atoms with van der Waals surface area (Å²) in [6.45, 7) is 0.615. The SMILES string of the molecule is NCCNC(=O)Oc1ccc(F)cc1Cl. The summed E-state index contributed by atoms with van der Waals surface area (Å²) < 4.78 is 17.4. The van der Waals surface area contributed by atoms with E-state index in [9.17, 15) is 9.18 Å². The normalized spacial score (nSPS) is 9.80. The smallest absolute Gasteiger partial charge is 0.409 e. The van der Waals surface area contributed by atoms with Crippen LogP contribution >= 0.6 is 11.6 Å². The summed E-state index contributed by atoms with van der Waals surface area (Å²) in [6, 6.07) is 3.49. The zero-order valence-corrected chi connectivity index (χ0v) is 8.55. The van der Waals surface area contributed by atoms with Crippen LogP contribution in [0, 0.1) is 5.82 Å². The summed E-state index contributed by atoms with van der Waals surface area (Å²) >= 11 is 5.64. The van der Waals surface area contributed by atoms with Crippen LogP contribution in [0.2, 0.25) is 5.02 Å². The van der Waals surface area contributed by atoms with E-state index in [1.165, 1.54) is 6.07 Å². The second kappa shape index (κ2) is 5.53. The largest absolute Gasteiger partial charge is 0.412 e. The molecule has 0 aromatic heterocycles. The van der Waals surface area contributed by atoms with Crippen LogP contribution in [-0.4, -0.2) is 19.2 Å². The molecule has 4 nitrogen and oxygen atoms in total.